The maximum absolute atomic E-state index is 4.23. The maximum Gasteiger partial charge on any atom is 0.292 e. The van der Waals surface area contributed by atoms with Crippen LogP contribution in [-0.4, -0.2) is 69.8 Å². The molecule has 0 atom stereocenters. The molecule has 8 rings (SSSR count). The number of aryl methyl sites for hydroxylation is 8. The van der Waals surface area contributed by atoms with Gasteiger partial charge < -0.3 is 0 Å². The minimum atomic E-state index is 0.792. The van der Waals surface area contributed by atoms with Crippen LogP contribution in [0.4, 0.5) is 0 Å². The van der Waals surface area contributed by atoms with Gasteiger partial charge in [-0.05, 0) is 57.0 Å². The number of pyridine rings is 2. The van der Waals surface area contributed by atoms with E-state index in [1.54, 1.807) is 62.8 Å². The van der Waals surface area contributed by atoms with Crippen molar-refractivity contribution in [2.75, 3.05) is 0 Å². The van der Waals surface area contributed by atoms with Crippen molar-refractivity contribution in [1.29, 1.82) is 0 Å². The van der Waals surface area contributed by atoms with Gasteiger partial charge in [-0.1, -0.05) is 151 Å². The van der Waals surface area contributed by atoms with E-state index >= 15 is 0 Å². The number of hydrogen-bond acceptors (Lipinski definition) is 14. The van der Waals surface area contributed by atoms with Gasteiger partial charge in [-0.15, -0.1) is 0 Å². The van der Waals surface area contributed by atoms with Crippen molar-refractivity contribution in [2.45, 2.75) is 138 Å². The molecular weight excluding hydrogens is 901 g/mol. The molecule has 0 bridgehead atoms. The largest absolute Gasteiger partial charge is 0.292 e. The third-order valence-corrected chi connectivity index (χ3v) is 8.05. The molecule has 0 aromatic carbocycles. The Kier molecular flexibility index (Phi) is 46.6. The van der Waals surface area contributed by atoms with E-state index in [-0.39, 0.29) is 0 Å². The molecule has 0 aliphatic carbocycles. The van der Waals surface area contributed by atoms with Crippen molar-refractivity contribution in [2.24, 2.45) is 28.2 Å². The first-order valence-corrected chi connectivity index (χ1v) is 25.1. The molecular formula is C54H90N18+4. The lowest BCUT2D eigenvalue weighted by atomic mass is 10.1. The lowest BCUT2D eigenvalue weighted by Gasteiger charge is -2.01. The van der Waals surface area contributed by atoms with Crippen LogP contribution in [0.1, 0.15) is 133 Å². The van der Waals surface area contributed by atoms with Crippen molar-refractivity contribution < 1.29 is 18.3 Å². The van der Waals surface area contributed by atoms with E-state index in [1.165, 1.54) is 25.3 Å². The molecule has 0 fully saturated rings. The van der Waals surface area contributed by atoms with Crippen molar-refractivity contribution in [3.8, 4) is 45.7 Å². The van der Waals surface area contributed by atoms with Crippen LogP contribution in [0.15, 0.2) is 112 Å². The maximum atomic E-state index is 4.23. The zero-order valence-electron chi connectivity index (χ0n) is 48.4. The van der Waals surface area contributed by atoms with Crippen LogP contribution in [0.3, 0.4) is 0 Å². The molecule has 18 nitrogen and oxygen atoms in total. The molecule has 0 aliphatic rings. The lowest BCUT2D eigenvalue weighted by molar-refractivity contribution is -0.666. The molecule has 0 radical (unpaired) electrons. The Morgan fingerprint density at radius 1 is 0.306 bits per heavy atom. The first-order valence-electron chi connectivity index (χ1n) is 25.1. The first-order chi connectivity index (χ1) is 35.2. The van der Waals surface area contributed by atoms with E-state index in [0.29, 0.717) is 0 Å². The standard InChI is InChI=1S/2C10H11N4.2C9H10N5.8C2H6/c1-8-5-11-4-3-9(8)10-13-6-12-7-14(10)2;1-8-9(4-3-5-12-8)10-13-6-11-7-14(10)2;1-7-8(3-10-4-12-7)9-13-5-11-6-14(9)2;1-7-3-10-4-12-8(7)9-13-5-11-6-14(9)2;8*1-2/h2*3-7H,1-2H3;2*3-6H,1-2H3;8*1-2H3/q4*+1;;;;;;;;. The summed E-state index contributed by atoms with van der Waals surface area (Å²) in [6.07, 6.45) is 24.9. The van der Waals surface area contributed by atoms with Crippen molar-refractivity contribution in [1.82, 2.24) is 69.8 Å². The summed E-state index contributed by atoms with van der Waals surface area (Å²) in [5.74, 6) is 3.39. The zero-order valence-corrected chi connectivity index (χ0v) is 48.4. The molecule has 0 amide bonds. The van der Waals surface area contributed by atoms with E-state index in [9.17, 15) is 0 Å². The minimum Gasteiger partial charge on any atom is -0.264 e. The third kappa shape index (κ3) is 25.4. The SMILES string of the molecule is CC.CC.CC.CC.CC.CC.CC.CC.Cc1cnccc1-c1ncnc[n+]1C.Cc1cncnc1-c1ncnc[n+]1C.Cc1ncccc1-c1ncnc[n+]1C.Cc1ncncc1-c1ncnc[n+]1C. The van der Waals surface area contributed by atoms with Gasteiger partial charge in [0.25, 0.3) is 48.6 Å². The summed E-state index contributed by atoms with van der Waals surface area (Å²) in [6, 6.07) is 5.87. The molecule has 0 aliphatic heterocycles. The number of nitrogens with zero attached hydrogens (tertiary/aromatic N) is 18. The van der Waals surface area contributed by atoms with Crippen LogP contribution < -0.4 is 18.3 Å². The molecule has 0 unspecified atom stereocenters. The highest BCUT2D eigenvalue weighted by molar-refractivity contribution is 5.56. The second-order valence-electron chi connectivity index (χ2n) is 12.2. The molecule has 0 saturated heterocycles. The molecule has 8 heterocycles. The normalized spacial score (nSPS) is 8.56. The van der Waals surface area contributed by atoms with E-state index in [2.05, 4.69) is 69.8 Å². The highest BCUT2D eigenvalue weighted by atomic mass is 15.1. The summed E-state index contributed by atoms with van der Waals surface area (Å²) < 4.78 is 7.44. The summed E-state index contributed by atoms with van der Waals surface area (Å²) in [7, 11) is 7.62. The average Bonchev–Trinajstić information content (AvgIpc) is 3.45. The Morgan fingerprint density at radius 2 is 0.667 bits per heavy atom. The molecule has 18 heteroatoms. The van der Waals surface area contributed by atoms with E-state index < -0.39 is 0 Å². The molecule has 8 aromatic heterocycles. The predicted octanol–water partition coefficient (Wildman–Crippen LogP) is 9.69. The van der Waals surface area contributed by atoms with Gasteiger partial charge in [-0.3, -0.25) is 9.97 Å². The van der Waals surface area contributed by atoms with Gasteiger partial charge in [0, 0.05) is 31.0 Å². The Bertz CT molecular complexity index is 2000. The van der Waals surface area contributed by atoms with E-state index in [0.717, 1.165) is 68.2 Å². The molecule has 0 spiro atoms. The van der Waals surface area contributed by atoms with Gasteiger partial charge in [0.1, 0.15) is 18.3 Å². The Labute approximate surface area is 433 Å². The van der Waals surface area contributed by atoms with Crippen LogP contribution in [0.2, 0.25) is 0 Å². The second-order valence-corrected chi connectivity index (χ2v) is 12.2. The second kappa shape index (κ2) is 47.2. The van der Waals surface area contributed by atoms with E-state index in [4.69, 9.17) is 0 Å². The number of hydrogen-bond donors (Lipinski definition) is 0. The monoisotopic (exact) mass is 991 g/mol. The van der Waals surface area contributed by atoms with Gasteiger partial charge in [-0.2, -0.15) is 0 Å². The molecule has 0 saturated carbocycles. The summed E-state index contributed by atoms with van der Waals surface area (Å²) >= 11 is 0. The lowest BCUT2D eigenvalue weighted by Crippen LogP contribution is -2.32. The Morgan fingerprint density at radius 3 is 1.07 bits per heavy atom. The van der Waals surface area contributed by atoms with Crippen molar-refractivity contribution in [3.05, 3.63) is 135 Å². The zero-order chi connectivity index (χ0) is 55.9. The van der Waals surface area contributed by atoms with Gasteiger partial charge in [0.05, 0.1) is 56.3 Å². The number of rotatable bonds is 4. The fraction of sp³-hybridized carbons (Fsp3) is 0.444. The number of aromatic nitrogens is 18. The Balaban J connectivity index is -0.000000391. The van der Waals surface area contributed by atoms with Gasteiger partial charge in [-0.25, -0.2) is 38.2 Å². The smallest absolute Gasteiger partial charge is 0.264 e. The Hall–Kier alpha value is -7.50. The third-order valence-electron chi connectivity index (χ3n) is 8.05. The molecule has 0 N–H and O–H groups in total. The fourth-order valence-electron chi connectivity index (χ4n) is 5.15. The summed E-state index contributed by atoms with van der Waals surface area (Å²) in [5.41, 5.74) is 7.89. The predicted molar refractivity (Wildman–Crippen MR) is 291 cm³/mol. The highest BCUT2D eigenvalue weighted by Crippen LogP contribution is 2.16. The van der Waals surface area contributed by atoms with Crippen LogP contribution in [0.25, 0.3) is 45.7 Å². The summed E-state index contributed by atoms with van der Waals surface area (Å²) in [6.45, 7) is 39.9. The van der Waals surface area contributed by atoms with Crippen LogP contribution in [-0.2, 0) is 28.2 Å². The molecule has 8 aromatic rings. The molecule has 72 heavy (non-hydrogen) atoms. The van der Waals surface area contributed by atoms with Crippen molar-refractivity contribution >= 4 is 0 Å². The van der Waals surface area contributed by atoms with Gasteiger partial charge in [0.15, 0.2) is 0 Å². The summed E-state index contributed by atoms with van der Waals surface area (Å²) in [5, 5.41) is 0. The van der Waals surface area contributed by atoms with Crippen LogP contribution in [0, 0.1) is 27.7 Å². The minimum absolute atomic E-state index is 0.792. The first kappa shape index (κ1) is 71.1. The van der Waals surface area contributed by atoms with E-state index in [1.807, 2.05) is 209 Å². The topological polar surface area (TPSA) is 196 Å². The van der Waals surface area contributed by atoms with Crippen LogP contribution in [0.5, 0.6) is 0 Å². The average molecular weight is 991 g/mol. The van der Waals surface area contributed by atoms with Crippen LogP contribution >= 0.6 is 0 Å². The van der Waals surface area contributed by atoms with Gasteiger partial charge >= 0.3 is 0 Å². The fourth-order valence-corrected chi connectivity index (χ4v) is 5.15. The summed E-state index contributed by atoms with van der Waals surface area (Å²) in [4.78, 5) is 57.0. The molecule has 392 valence electrons. The van der Waals surface area contributed by atoms with Crippen molar-refractivity contribution in [3.63, 3.8) is 0 Å². The van der Waals surface area contributed by atoms with Gasteiger partial charge in [0.2, 0.25) is 25.3 Å². The highest BCUT2D eigenvalue weighted by Gasteiger charge is 2.15. The quantitative estimate of drug-likeness (QED) is 0.151.